The molecule has 0 fully saturated rings. The van der Waals surface area contributed by atoms with Crippen LogP contribution >= 0.6 is 11.3 Å². The van der Waals surface area contributed by atoms with Crippen molar-refractivity contribution in [1.82, 2.24) is 15.0 Å². The molecule has 0 spiro atoms. The van der Waals surface area contributed by atoms with E-state index in [4.69, 9.17) is 19.4 Å². The molecular formula is C33H19N3OS. The van der Waals surface area contributed by atoms with Gasteiger partial charge in [0.2, 0.25) is 0 Å². The second-order valence-electron chi connectivity index (χ2n) is 9.30. The van der Waals surface area contributed by atoms with Gasteiger partial charge in [0.1, 0.15) is 11.2 Å². The highest BCUT2D eigenvalue weighted by atomic mass is 32.1. The molecule has 178 valence electrons. The van der Waals surface area contributed by atoms with Crippen molar-refractivity contribution >= 4 is 54.1 Å². The molecule has 0 aliphatic carbocycles. The fourth-order valence-electron chi connectivity index (χ4n) is 5.08. The van der Waals surface area contributed by atoms with Gasteiger partial charge in [-0.2, -0.15) is 0 Å². The number of hydrogen-bond acceptors (Lipinski definition) is 5. The normalized spacial score (nSPS) is 11.7. The van der Waals surface area contributed by atoms with Gasteiger partial charge in [0.15, 0.2) is 17.5 Å². The van der Waals surface area contributed by atoms with Gasteiger partial charge >= 0.3 is 0 Å². The molecule has 8 rings (SSSR count). The van der Waals surface area contributed by atoms with Gasteiger partial charge in [-0.25, -0.2) is 15.0 Å². The predicted octanol–water partition coefficient (Wildman–Crippen LogP) is 9.14. The van der Waals surface area contributed by atoms with Crippen molar-refractivity contribution in [3.05, 3.63) is 115 Å². The van der Waals surface area contributed by atoms with E-state index >= 15 is 0 Å². The van der Waals surface area contributed by atoms with Crippen LogP contribution in [0.1, 0.15) is 0 Å². The van der Waals surface area contributed by atoms with Crippen molar-refractivity contribution in [3.8, 4) is 33.5 Å². The summed E-state index contributed by atoms with van der Waals surface area (Å²) in [6, 6.07) is 39.5. The molecular weight excluding hydrogens is 486 g/mol. The lowest BCUT2D eigenvalue weighted by atomic mass is 10.1. The maximum absolute atomic E-state index is 6.34. The Morgan fingerprint density at radius 3 is 2.18 bits per heavy atom. The summed E-state index contributed by atoms with van der Waals surface area (Å²) in [5.74, 6) is 1.90. The first-order valence-corrected chi connectivity index (χ1v) is 13.3. The molecule has 8 aromatic rings. The van der Waals surface area contributed by atoms with Crippen molar-refractivity contribution in [2.24, 2.45) is 0 Å². The first-order chi connectivity index (χ1) is 18.8. The summed E-state index contributed by atoms with van der Waals surface area (Å²) in [4.78, 5) is 16.0. The summed E-state index contributed by atoms with van der Waals surface area (Å²) in [6.07, 6.45) is 0. The maximum Gasteiger partial charge on any atom is 0.174 e. The molecule has 0 N–H and O–H groups in total. The van der Waals surface area contributed by atoms with Gasteiger partial charge in [0, 0.05) is 21.0 Å². The highest BCUT2D eigenvalue weighted by Crippen LogP contribution is 2.37. The van der Waals surface area contributed by atoms with Gasteiger partial charge in [-0.3, -0.25) is 0 Å². The van der Waals surface area contributed by atoms with Crippen molar-refractivity contribution < 1.29 is 4.42 Å². The minimum absolute atomic E-state index is 0.597. The molecule has 0 amide bonds. The van der Waals surface area contributed by atoms with E-state index < -0.39 is 0 Å². The zero-order valence-corrected chi connectivity index (χ0v) is 20.9. The van der Waals surface area contributed by atoms with Crippen molar-refractivity contribution in [1.29, 1.82) is 0 Å². The van der Waals surface area contributed by atoms with E-state index in [0.29, 0.717) is 17.5 Å². The quantitative estimate of drug-likeness (QED) is 0.240. The molecule has 3 aromatic heterocycles. The molecule has 0 aliphatic heterocycles. The van der Waals surface area contributed by atoms with Gasteiger partial charge in [0.05, 0.1) is 10.4 Å². The van der Waals surface area contributed by atoms with E-state index in [1.165, 1.54) is 15.5 Å². The molecule has 0 bridgehead atoms. The van der Waals surface area contributed by atoms with E-state index in [2.05, 4.69) is 84.9 Å². The third-order valence-corrected chi connectivity index (χ3v) is 8.05. The fourth-order valence-corrected chi connectivity index (χ4v) is 6.08. The lowest BCUT2D eigenvalue weighted by Crippen LogP contribution is -1.99. The van der Waals surface area contributed by atoms with Gasteiger partial charge < -0.3 is 4.42 Å². The summed E-state index contributed by atoms with van der Waals surface area (Å²) in [5.41, 5.74) is 3.44. The average Bonchev–Trinajstić information content (AvgIpc) is 3.58. The Hall–Kier alpha value is -4.87. The van der Waals surface area contributed by atoms with Crippen LogP contribution in [0.4, 0.5) is 0 Å². The van der Waals surface area contributed by atoms with Gasteiger partial charge in [-0.05, 0) is 46.5 Å². The first-order valence-electron chi connectivity index (χ1n) is 12.4. The van der Waals surface area contributed by atoms with Gasteiger partial charge in [-0.15, -0.1) is 11.3 Å². The number of para-hydroxylation sites is 2. The van der Waals surface area contributed by atoms with E-state index in [-0.39, 0.29) is 0 Å². The molecule has 0 radical (unpaired) electrons. The lowest BCUT2D eigenvalue weighted by Gasteiger charge is -2.08. The first kappa shape index (κ1) is 21.2. The molecule has 5 aromatic carbocycles. The van der Waals surface area contributed by atoms with E-state index in [1.807, 2.05) is 30.3 Å². The molecule has 5 heteroatoms. The standard InChI is InChI=1S/C33H19N3OS/c1-2-9-21-18-23(17-16-20(21)8-1)31-34-32(36-33(35-31)29-19-22-10-3-6-15-28(22)38-29)26-13-7-12-25-24-11-4-5-14-27(24)37-30(25)26/h1-19H. The predicted molar refractivity (Wildman–Crippen MR) is 156 cm³/mol. The smallest absolute Gasteiger partial charge is 0.174 e. The fraction of sp³-hybridized carbons (Fsp3) is 0. The number of aromatic nitrogens is 3. The second-order valence-corrected chi connectivity index (χ2v) is 10.4. The van der Waals surface area contributed by atoms with Crippen LogP contribution in [-0.2, 0) is 0 Å². The Labute approximate surface area is 221 Å². The van der Waals surface area contributed by atoms with Gasteiger partial charge in [-0.1, -0.05) is 84.9 Å². The third-order valence-electron chi connectivity index (χ3n) is 6.93. The number of nitrogens with zero attached hydrogens (tertiary/aromatic N) is 3. The minimum Gasteiger partial charge on any atom is -0.455 e. The van der Waals surface area contributed by atoms with Gasteiger partial charge in [0.25, 0.3) is 0 Å². The number of rotatable bonds is 3. The van der Waals surface area contributed by atoms with E-state index in [9.17, 15) is 0 Å². The summed E-state index contributed by atoms with van der Waals surface area (Å²) < 4.78 is 7.54. The molecule has 0 atom stereocenters. The van der Waals surface area contributed by atoms with E-state index in [0.717, 1.165) is 43.3 Å². The third kappa shape index (κ3) is 3.40. The SMILES string of the molecule is c1ccc2cc(-c3nc(-c4cc5ccccc5s4)nc(-c4cccc5c4oc4ccccc45)n3)ccc2c1. The zero-order valence-electron chi connectivity index (χ0n) is 20.1. The Morgan fingerprint density at radius 1 is 0.526 bits per heavy atom. The number of benzene rings is 5. The number of fused-ring (bicyclic) bond motifs is 5. The monoisotopic (exact) mass is 505 g/mol. The van der Waals surface area contributed by atoms with Crippen LogP contribution < -0.4 is 0 Å². The minimum atomic E-state index is 0.597. The van der Waals surface area contributed by atoms with Crippen LogP contribution in [0.15, 0.2) is 120 Å². The highest BCUT2D eigenvalue weighted by Gasteiger charge is 2.18. The summed E-state index contributed by atoms with van der Waals surface area (Å²) in [7, 11) is 0. The Kier molecular flexibility index (Phi) is 4.66. The second kappa shape index (κ2) is 8.33. The Balaban J connectivity index is 1.39. The Bertz CT molecular complexity index is 2120. The van der Waals surface area contributed by atoms with Crippen molar-refractivity contribution in [2.45, 2.75) is 0 Å². The molecule has 0 unspecified atom stereocenters. The average molecular weight is 506 g/mol. The van der Waals surface area contributed by atoms with Crippen molar-refractivity contribution in [2.75, 3.05) is 0 Å². The van der Waals surface area contributed by atoms with Crippen LogP contribution in [0.2, 0.25) is 0 Å². The largest absolute Gasteiger partial charge is 0.455 e. The molecule has 38 heavy (non-hydrogen) atoms. The summed E-state index contributed by atoms with van der Waals surface area (Å²) in [6.45, 7) is 0. The van der Waals surface area contributed by atoms with Crippen molar-refractivity contribution in [3.63, 3.8) is 0 Å². The van der Waals surface area contributed by atoms with Crippen LogP contribution in [0.25, 0.3) is 76.3 Å². The molecule has 4 nitrogen and oxygen atoms in total. The number of furan rings is 1. The highest BCUT2D eigenvalue weighted by molar-refractivity contribution is 7.22. The molecule has 0 saturated heterocycles. The molecule has 3 heterocycles. The number of hydrogen-bond donors (Lipinski definition) is 0. The summed E-state index contributed by atoms with van der Waals surface area (Å²) in [5, 5.41) is 5.64. The van der Waals surface area contributed by atoms with Crippen LogP contribution in [-0.4, -0.2) is 15.0 Å². The topological polar surface area (TPSA) is 51.8 Å². The van der Waals surface area contributed by atoms with E-state index in [1.54, 1.807) is 11.3 Å². The Morgan fingerprint density at radius 2 is 1.26 bits per heavy atom. The van der Waals surface area contributed by atoms with Crippen LogP contribution in [0, 0.1) is 0 Å². The zero-order chi connectivity index (χ0) is 25.1. The maximum atomic E-state index is 6.34. The lowest BCUT2D eigenvalue weighted by molar-refractivity contribution is 0.669. The van der Waals surface area contributed by atoms with Crippen LogP contribution in [0.5, 0.6) is 0 Å². The molecule has 0 saturated carbocycles. The summed E-state index contributed by atoms with van der Waals surface area (Å²) >= 11 is 1.69. The van der Waals surface area contributed by atoms with Crippen LogP contribution in [0.3, 0.4) is 0 Å². The number of thiophene rings is 1. The molecule has 0 aliphatic rings.